The highest BCUT2D eigenvalue weighted by Gasteiger charge is 2.20. The third-order valence-corrected chi connectivity index (χ3v) is 4.83. The summed E-state index contributed by atoms with van der Waals surface area (Å²) in [5.74, 6) is -0.997. The molecule has 0 spiro atoms. The van der Waals surface area contributed by atoms with Crippen molar-refractivity contribution in [2.75, 3.05) is 5.32 Å². The van der Waals surface area contributed by atoms with Crippen LogP contribution in [0.3, 0.4) is 0 Å². The number of nitrogens with one attached hydrogen (secondary N) is 1. The third-order valence-electron chi connectivity index (χ3n) is 3.68. The van der Waals surface area contributed by atoms with Crippen LogP contribution in [0.4, 0.5) is 5.00 Å². The number of pyridine rings is 1. The van der Waals surface area contributed by atoms with Gasteiger partial charge in [-0.25, -0.2) is 4.79 Å². The molecule has 0 saturated heterocycles. The average Bonchev–Trinajstić information content (AvgIpc) is 3.00. The van der Waals surface area contributed by atoms with Crippen LogP contribution in [0.25, 0.3) is 16.8 Å². The summed E-state index contributed by atoms with van der Waals surface area (Å²) in [5, 5.41) is 15.7. The highest BCUT2D eigenvalue weighted by atomic mass is 35.5. The molecule has 3 rings (SSSR count). The molecule has 0 fully saturated rings. The smallest absolute Gasteiger partial charge is 0.339 e. The minimum atomic E-state index is -0.997. The number of carboxylic acid groups (broad SMARTS) is 1. The minimum absolute atomic E-state index is 0.216. The van der Waals surface area contributed by atoms with E-state index in [0.717, 1.165) is 16.8 Å². The van der Waals surface area contributed by atoms with Gasteiger partial charge in [0.05, 0.1) is 0 Å². The Morgan fingerprint density at radius 2 is 1.96 bits per heavy atom. The van der Waals surface area contributed by atoms with Gasteiger partial charge in [0.2, 0.25) is 0 Å². The molecule has 4 nitrogen and oxygen atoms in total. The van der Waals surface area contributed by atoms with Crippen LogP contribution in [0.2, 0.25) is 5.02 Å². The molecule has 0 radical (unpaired) electrons. The van der Waals surface area contributed by atoms with E-state index in [-0.39, 0.29) is 5.56 Å². The quantitative estimate of drug-likeness (QED) is 0.617. The number of hydrogen-bond donors (Lipinski definition) is 2. The zero-order valence-electron chi connectivity index (χ0n) is 13.4. The molecule has 0 aliphatic heterocycles. The van der Waals surface area contributed by atoms with Gasteiger partial charge in [-0.2, -0.15) is 0 Å². The zero-order valence-corrected chi connectivity index (χ0v) is 15.0. The van der Waals surface area contributed by atoms with Crippen LogP contribution in [0.15, 0.2) is 54.6 Å². The van der Waals surface area contributed by atoms with Gasteiger partial charge in [-0.3, -0.25) is 4.98 Å². The number of aryl methyl sites for hydroxylation is 1. The summed E-state index contributed by atoms with van der Waals surface area (Å²) in [6, 6.07) is 10.9. The van der Waals surface area contributed by atoms with Gasteiger partial charge in [0.15, 0.2) is 0 Å². The van der Waals surface area contributed by atoms with Crippen molar-refractivity contribution in [2.24, 2.45) is 0 Å². The van der Waals surface area contributed by atoms with E-state index in [0.29, 0.717) is 21.3 Å². The number of nitrogens with zero attached hydrogens (tertiary/aromatic N) is 1. The molecule has 1 aromatic carbocycles. The molecule has 126 valence electrons. The molecule has 0 bridgehead atoms. The number of benzene rings is 1. The van der Waals surface area contributed by atoms with Crippen molar-refractivity contribution >= 4 is 39.6 Å². The van der Waals surface area contributed by atoms with Gasteiger partial charge < -0.3 is 10.4 Å². The van der Waals surface area contributed by atoms with Gasteiger partial charge in [0.25, 0.3) is 0 Å². The number of aromatic carboxylic acids is 1. The van der Waals surface area contributed by atoms with Crippen LogP contribution in [0.1, 0.15) is 21.6 Å². The first-order valence-corrected chi connectivity index (χ1v) is 8.71. The van der Waals surface area contributed by atoms with Crippen molar-refractivity contribution in [3.63, 3.8) is 0 Å². The fourth-order valence-corrected chi connectivity index (χ4v) is 3.47. The Morgan fingerprint density at radius 1 is 1.24 bits per heavy atom. The fraction of sp³-hybridized carbons (Fsp3) is 0.0526. The minimum Gasteiger partial charge on any atom is -0.478 e. The van der Waals surface area contributed by atoms with Gasteiger partial charge in [-0.1, -0.05) is 30.3 Å². The lowest BCUT2D eigenvalue weighted by atomic mass is 10.0. The van der Waals surface area contributed by atoms with Crippen molar-refractivity contribution in [3.8, 4) is 11.1 Å². The molecule has 6 heteroatoms. The molecule has 0 aliphatic rings. The van der Waals surface area contributed by atoms with Crippen LogP contribution in [-0.2, 0) is 0 Å². The lowest BCUT2D eigenvalue weighted by Crippen LogP contribution is -2.04. The first kappa shape index (κ1) is 17.2. The van der Waals surface area contributed by atoms with Crippen molar-refractivity contribution < 1.29 is 9.90 Å². The lowest BCUT2D eigenvalue weighted by molar-refractivity contribution is 0.0699. The molecule has 0 unspecified atom stereocenters. The summed E-state index contributed by atoms with van der Waals surface area (Å²) in [4.78, 5) is 16.0. The Bertz CT molecular complexity index is 931. The standard InChI is InChI=1S/C19H15ClN2O2S/c1-11-3-4-14(9-21-11)12(2)22-18-17(19(23)24)16(10-25-18)13-5-7-15(20)8-6-13/h3-10,22H,2H2,1H3,(H,23,24). The molecule has 25 heavy (non-hydrogen) atoms. The maximum atomic E-state index is 11.8. The van der Waals surface area contributed by atoms with Gasteiger partial charge in [0, 0.05) is 39.1 Å². The number of hydrogen-bond acceptors (Lipinski definition) is 4. The molecule has 0 atom stereocenters. The number of rotatable bonds is 5. The molecule has 2 heterocycles. The maximum Gasteiger partial charge on any atom is 0.339 e. The monoisotopic (exact) mass is 370 g/mol. The Kier molecular flexibility index (Phi) is 4.88. The molecule has 2 N–H and O–H groups in total. The number of halogens is 1. The van der Waals surface area contributed by atoms with E-state index < -0.39 is 5.97 Å². The first-order chi connectivity index (χ1) is 12.0. The van der Waals surface area contributed by atoms with E-state index in [9.17, 15) is 9.90 Å². The second kappa shape index (κ2) is 7.09. The number of carboxylic acids is 1. The van der Waals surface area contributed by atoms with Crippen molar-refractivity contribution in [1.29, 1.82) is 0 Å². The number of anilines is 1. The second-order valence-electron chi connectivity index (χ2n) is 5.46. The van der Waals surface area contributed by atoms with Gasteiger partial charge in [-0.15, -0.1) is 11.3 Å². The Morgan fingerprint density at radius 3 is 2.56 bits per heavy atom. The van der Waals surface area contributed by atoms with Gasteiger partial charge >= 0.3 is 5.97 Å². The van der Waals surface area contributed by atoms with Gasteiger partial charge in [0.1, 0.15) is 10.6 Å². The molecule has 0 amide bonds. The Hall–Kier alpha value is -2.63. The average molecular weight is 371 g/mol. The third kappa shape index (κ3) is 3.73. The second-order valence-corrected chi connectivity index (χ2v) is 6.77. The lowest BCUT2D eigenvalue weighted by Gasteiger charge is -2.10. The molecule has 2 aromatic heterocycles. The highest BCUT2D eigenvalue weighted by Crippen LogP contribution is 2.37. The predicted molar refractivity (Wildman–Crippen MR) is 103 cm³/mol. The van der Waals surface area contributed by atoms with Crippen molar-refractivity contribution in [2.45, 2.75) is 6.92 Å². The Labute approximate surface area is 154 Å². The number of thiophene rings is 1. The fourth-order valence-electron chi connectivity index (χ4n) is 2.36. The SMILES string of the molecule is C=C(Nc1scc(-c2ccc(Cl)cc2)c1C(=O)O)c1ccc(C)nc1. The van der Waals surface area contributed by atoms with E-state index >= 15 is 0 Å². The van der Waals surface area contributed by atoms with Crippen LogP contribution in [0, 0.1) is 6.92 Å². The topological polar surface area (TPSA) is 62.2 Å². The van der Waals surface area contributed by atoms with E-state index in [1.807, 2.05) is 24.4 Å². The summed E-state index contributed by atoms with van der Waals surface area (Å²) >= 11 is 7.23. The predicted octanol–water partition coefficient (Wildman–Crippen LogP) is 5.55. The van der Waals surface area contributed by atoms with Crippen LogP contribution >= 0.6 is 22.9 Å². The zero-order chi connectivity index (χ0) is 18.0. The summed E-state index contributed by atoms with van der Waals surface area (Å²) in [6.45, 7) is 5.89. The van der Waals surface area contributed by atoms with E-state index in [2.05, 4.69) is 16.9 Å². The number of carbonyl (C=O) groups is 1. The normalized spacial score (nSPS) is 10.5. The first-order valence-electron chi connectivity index (χ1n) is 7.45. The van der Waals surface area contributed by atoms with Crippen LogP contribution < -0.4 is 5.32 Å². The van der Waals surface area contributed by atoms with Crippen LogP contribution in [0.5, 0.6) is 0 Å². The number of aromatic nitrogens is 1. The van der Waals surface area contributed by atoms with E-state index in [1.165, 1.54) is 11.3 Å². The summed E-state index contributed by atoms with van der Waals surface area (Å²) < 4.78 is 0. The van der Waals surface area contributed by atoms with Crippen molar-refractivity contribution in [1.82, 2.24) is 4.98 Å². The largest absolute Gasteiger partial charge is 0.478 e. The summed E-state index contributed by atoms with van der Waals surface area (Å²) in [6.07, 6.45) is 1.71. The molecular formula is C19H15ClN2O2S. The Balaban J connectivity index is 1.94. The summed E-state index contributed by atoms with van der Waals surface area (Å²) in [5.41, 5.74) is 3.97. The van der Waals surface area contributed by atoms with E-state index in [4.69, 9.17) is 11.6 Å². The van der Waals surface area contributed by atoms with Crippen LogP contribution in [-0.4, -0.2) is 16.1 Å². The van der Waals surface area contributed by atoms with E-state index in [1.54, 1.807) is 30.5 Å². The molecular weight excluding hydrogens is 356 g/mol. The van der Waals surface area contributed by atoms with Gasteiger partial charge in [-0.05, 0) is 36.8 Å². The molecule has 0 saturated carbocycles. The molecule has 0 aliphatic carbocycles. The van der Waals surface area contributed by atoms with Crippen molar-refractivity contribution in [3.05, 3.63) is 76.4 Å². The molecule has 3 aromatic rings. The highest BCUT2D eigenvalue weighted by molar-refractivity contribution is 7.15. The summed E-state index contributed by atoms with van der Waals surface area (Å²) in [7, 11) is 0. The maximum absolute atomic E-state index is 11.8.